The van der Waals surface area contributed by atoms with Gasteiger partial charge in [-0.05, 0) is 111 Å². The average molecular weight is 667 g/mol. The van der Waals surface area contributed by atoms with Crippen molar-refractivity contribution in [3.63, 3.8) is 0 Å². The van der Waals surface area contributed by atoms with Gasteiger partial charge in [0.05, 0.1) is 30.8 Å². The van der Waals surface area contributed by atoms with Gasteiger partial charge in [0.15, 0.2) is 11.6 Å². The van der Waals surface area contributed by atoms with Crippen LogP contribution in [-0.2, 0) is 19.1 Å². The van der Waals surface area contributed by atoms with Crippen LogP contribution in [0.5, 0.6) is 0 Å². The normalized spacial score (nSPS) is 49.9. The number of fused-ring (bicyclic) bond motifs is 7. The molecule has 4 saturated carbocycles. The molecule has 15 unspecified atom stereocenters. The molecule has 7 rings (SSSR count). The minimum atomic E-state index is -1.43. The van der Waals surface area contributed by atoms with E-state index in [1.807, 2.05) is 12.2 Å². The highest BCUT2D eigenvalue weighted by Gasteiger charge is 2.67. The van der Waals surface area contributed by atoms with E-state index in [0.717, 1.165) is 50.5 Å². The van der Waals surface area contributed by atoms with Gasteiger partial charge >= 0.3 is 0 Å². The van der Waals surface area contributed by atoms with Crippen LogP contribution in [0.1, 0.15) is 112 Å². The van der Waals surface area contributed by atoms with Crippen molar-refractivity contribution in [2.75, 3.05) is 6.61 Å². The van der Waals surface area contributed by atoms with Crippen molar-refractivity contribution in [1.29, 1.82) is 0 Å². The van der Waals surface area contributed by atoms with Crippen molar-refractivity contribution in [2.24, 2.45) is 58.2 Å². The Morgan fingerprint density at radius 3 is 2.50 bits per heavy atom. The highest BCUT2D eigenvalue weighted by Crippen LogP contribution is 2.69. The number of ether oxygens (including phenoxy) is 2. The standard InChI is InChI=1S/C27H42O3.C14H20O4/c1-16-7-12-27(29-15-16)17(2)24-23(30-27)14-22-20-6-5-18-13-19(28)8-10-25(18,3)21(20)9-11-26(22,24)4;1-2-3-4-5-6-7-10-8-12(16)14(18)13(17)11(10)9-15/h9,16-20,22-24,28H,5-8,10-15H2,1-4H3;4-7,9-12,14,16,18H,2-3,8H2,1H3. The summed E-state index contributed by atoms with van der Waals surface area (Å²) >= 11 is 0. The van der Waals surface area contributed by atoms with Crippen LogP contribution < -0.4 is 0 Å². The van der Waals surface area contributed by atoms with E-state index in [2.05, 4.69) is 40.7 Å². The molecule has 3 N–H and O–H groups in total. The van der Waals surface area contributed by atoms with E-state index in [0.29, 0.717) is 46.9 Å². The number of rotatable bonds is 5. The third kappa shape index (κ3) is 6.27. The summed E-state index contributed by atoms with van der Waals surface area (Å²) in [5.74, 6) is 1.91. The van der Waals surface area contributed by atoms with E-state index in [4.69, 9.17) is 9.47 Å². The number of unbranched alkanes of at least 4 members (excludes halogenated alkanes) is 1. The molecule has 268 valence electrons. The highest BCUT2D eigenvalue weighted by molar-refractivity contribution is 5.97. The molecule has 0 bridgehead atoms. The van der Waals surface area contributed by atoms with Crippen LogP contribution in [0.4, 0.5) is 0 Å². The molecule has 7 aliphatic rings. The quantitative estimate of drug-likeness (QED) is 0.129. The number of carbonyl (C=O) groups excluding carboxylic acids is 2. The van der Waals surface area contributed by atoms with Gasteiger partial charge in [0, 0.05) is 12.3 Å². The first-order chi connectivity index (χ1) is 22.9. The molecule has 0 aromatic carbocycles. The minimum absolute atomic E-state index is 0.0661. The van der Waals surface area contributed by atoms with Gasteiger partial charge in [0.1, 0.15) is 12.4 Å². The first-order valence-corrected chi connectivity index (χ1v) is 19.3. The van der Waals surface area contributed by atoms with Crippen LogP contribution >= 0.6 is 0 Å². The zero-order valence-electron chi connectivity index (χ0n) is 30.1. The summed E-state index contributed by atoms with van der Waals surface area (Å²) in [5.41, 5.74) is 2.46. The van der Waals surface area contributed by atoms with Crippen LogP contribution in [0.25, 0.3) is 0 Å². The maximum atomic E-state index is 11.6. The zero-order chi connectivity index (χ0) is 34.4. The molecule has 0 amide bonds. The van der Waals surface area contributed by atoms with Gasteiger partial charge in [0.25, 0.3) is 0 Å². The van der Waals surface area contributed by atoms with Gasteiger partial charge in [-0.1, -0.05) is 77.0 Å². The van der Waals surface area contributed by atoms with Crippen LogP contribution in [0.15, 0.2) is 36.0 Å². The highest BCUT2D eigenvalue weighted by atomic mass is 16.7. The lowest BCUT2D eigenvalue weighted by atomic mass is 9.48. The Labute approximate surface area is 288 Å². The Kier molecular flexibility index (Phi) is 10.7. The summed E-state index contributed by atoms with van der Waals surface area (Å²) in [6, 6.07) is 0. The summed E-state index contributed by atoms with van der Waals surface area (Å²) < 4.78 is 13.3. The lowest BCUT2D eigenvalue weighted by molar-refractivity contribution is -0.272. The van der Waals surface area contributed by atoms with E-state index in [9.17, 15) is 24.9 Å². The van der Waals surface area contributed by atoms with Gasteiger partial charge in [0.2, 0.25) is 0 Å². The second-order valence-electron chi connectivity index (χ2n) is 17.3. The average Bonchev–Trinajstić information content (AvgIpc) is 3.51. The number of carbonyl (C=O) groups is 2. The Hall–Kier alpha value is -1.64. The Balaban J connectivity index is 0.000000193. The van der Waals surface area contributed by atoms with Gasteiger partial charge in [-0.15, -0.1) is 0 Å². The summed E-state index contributed by atoms with van der Waals surface area (Å²) in [5, 5.41) is 29.2. The molecule has 0 aromatic heterocycles. The molecule has 2 heterocycles. The van der Waals surface area contributed by atoms with Crippen LogP contribution in [0.3, 0.4) is 0 Å². The van der Waals surface area contributed by atoms with Gasteiger partial charge in [-0.2, -0.15) is 0 Å². The number of hydrogen-bond donors (Lipinski definition) is 3. The fourth-order valence-corrected chi connectivity index (χ4v) is 11.6. The fourth-order valence-electron chi connectivity index (χ4n) is 11.6. The van der Waals surface area contributed by atoms with E-state index in [1.54, 1.807) is 17.7 Å². The SMILES string of the molecule is CC1CCC2(OC1)OC1CC3C4CCC5CC(O)CCC5(C)C4=CCC3(C)C1C2C.CCCC=CC=CC1CC(O)C(O)C(=O)C1C=O. The number of ketones is 1. The first-order valence-electron chi connectivity index (χ1n) is 19.3. The number of hydrogen-bond acceptors (Lipinski definition) is 7. The zero-order valence-corrected chi connectivity index (χ0v) is 30.1. The topological polar surface area (TPSA) is 113 Å². The van der Waals surface area contributed by atoms with Gasteiger partial charge in [-0.3, -0.25) is 4.79 Å². The molecule has 5 aliphatic carbocycles. The van der Waals surface area contributed by atoms with Crippen molar-refractivity contribution in [3.8, 4) is 0 Å². The van der Waals surface area contributed by atoms with Gasteiger partial charge in [-0.25, -0.2) is 0 Å². The Morgan fingerprint density at radius 2 is 1.79 bits per heavy atom. The lowest BCUT2D eigenvalue weighted by Gasteiger charge is -2.57. The summed E-state index contributed by atoms with van der Waals surface area (Å²) in [7, 11) is 0. The smallest absolute Gasteiger partial charge is 0.174 e. The third-order valence-corrected chi connectivity index (χ3v) is 14.4. The largest absolute Gasteiger partial charge is 0.393 e. The van der Waals surface area contributed by atoms with Gasteiger partial charge < -0.3 is 29.6 Å². The van der Waals surface area contributed by atoms with Crippen molar-refractivity contribution < 1.29 is 34.4 Å². The maximum absolute atomic E-state index is 11.6. The second kappa shape index (κ2) is 14.2. The predicted molar refractivity (Wildman–Crippen MR) is 186 cm³/mol. The molecule has 0 radical (unpaired) electrons. The maximum Gasteiger partial charge on any atom is 0.174 e. The molecule has 7 nitrogen and oxygen atoms in total. The number of allylic oxidation sites excluding steroid dienone is 6. The number of Topliss-reactive ketones (excluding diaryl/α,β-unsaturated/α-hetero) is 1. The van der Waals surface area contributed by atoms with E-state index >= 15 is 0 Å². The molecule has 48 heavy (non-hydrogen) atoms. The predicted octanol–water partition coefficient (Wildman–Crippen LogP) is 6.74. The van der Waals surface area contributed by atoms with Crippen molar-refractivity contribution in [1.82, 2.24) is 0 Å². The monoisotopic (exact) mass is 666 g/mol. The lowest BCUT2D eigenvalue weighted by Crippen LogP contribution is -2.50. The fraction of sp³-hybridized carbons (Fsp3) is 0.805. The molecule has 0 aromatic rings. The molecule has 15 atom stereocenters. The van der Waals surface area contributed by atoms with Crippen molar-refractivity contribution >= 4 is 12.1 Å². The van der Waals surface area contributed by atoms with Crippen LogP contribution in [0.2, 0.25) is 0 Å². The summed E-state index contributed by atoms with van der Waals surface area (Å²) in [4.78, 5) is 22.5. The molecular weight excluding hydrogens is 604 g/mol. The van der Waals surface area contributed by atoms with Crippen molar-refractivity contribution in [2.45, 2.75) is 142 Å². The Bertz CT molecular complexity index is 1260. The molecule has 2 aliphatic heterocycles. The van der Waals surface area contributed by atoms with E-state index in [1.165, 1.54) is 38.5 Å². The number of aliphatic hydroxyl groups excluding tert-OH is 3. The molecule has 6 fully saturated rings. The molecule has 1 spiro atoms. The molecule has 2 saturated heterocycles. The third-order valence-electron chi connectivity index (χ3n) is 14.4. The first kappa shape index (κ1) is 36.2. The van der Waals surface area contributed by atoms with E-state index < -0.39 is 23.9 Å². The van der Waals surface area contributed by atoms with Crippen molar-refractivity contribution in [3.05, 3.63) is 36.0 Å². The van der Waals surface area contributed by atoms with Crippen LogP contribution in [-0.4, -0.2) is 64.2 Å². The minimum Gasteiger partial charge on any atom is -0.393 e. The summed E-state index contributed by atoms with van der Waals surface area (Å²) in [6.07, 6.45) is 21.3. The summed E-state index contributed by atoms with van der Waals surface area (Å²) in [6.45, 7) is 12.8. The molecule has 7 heteroatoms. The van der Waals surface area contributed by atoms with E-state index in [-0.39, 0.29) is 24.2 Å². The Morgan fingerprint density at radius 1 is 1.00 bits per heavy atom. The molecular formula is C41H62O7. The second-order valence-corrected chi connectivity index (χ2v) is 17.3. The van der Waals surface area contributed by atoms with Crippen LogP contribution in [0, 0.1) is 58.2 Å². The number of aldehydes is 1. The number of aliphatic hydroxyl groups is 3.